The summed E-state index contributed by atoms with van der Waals surface area (Å²) in [6.45, 7) is 0.416. The molecule has 8 nitrogen and oxygen atoms in total. The molecule has 0 unspecified atom stereocenters. The Bertz CT molecular complexity index is 744. The third-order valence-corrected chi connectivity index (χ3v) is 3.76. The first kappa shape index (κ1) is 16.9. The highest BCUT2D eigenvalue weighted by Gasteiger charge is 2.38. The lowest BCUT2D eigenvalue weighted by Gasteiger charge is -2.10. The number of anilines is 1. The van der Waals surface area contributed by atoms with Gasteiger partial charge in [0.25, 0.3) is 5.91 Å². The Kier molecular flexibility index (Phi) is 4.95. The zero-order valence-electron chi connectivity index (χ0n) is 12.6. The van der Waals surface area contributed by atoms with E-state index in [2.05, 4.69) is 31.2 Å². The smallest absolute Gasteiger partial charge is 0.252 e. The molecule has 0 aliphatic carbocycles. The van der Waals surface area contributed by atoms with Gasteiger partial charge in [-0.3, -0.25) is 9.52 Å². The van der Waals surface area contributed by atoms with Gasteiger partial charge in [0, 0.05) is 32.0 Å². The highest BCUT2D eigenvalue weighted by atomic mass is 32.2. The van der Waals surface area contributed by atoms with Crippen molar-refractivity contribution in [2.75, 3.05) is 17.5 Å². The molecule has 0 fully saturated rings. The lowest BCUT2D eigenvalue weighted by Crippen LogP contribution is -2.28. The number of aromatic nitrogens is 1. The Labute approximate surface area is 134 Å². The van der Waals surface area contributed by atoms with E-state index in [0.717, 1.165) is 6.26 Å². The first-order valence-electron chi connectivity index (χ1n) is 6.93. The van der Waals surface area contributed by atoms with Gasteiger partial charge in [0.15, 0.2) is 5.66 Å². The number of pyridine rings is 1. The predicted molar refractivity (Wildman–Crippen MR) is 85.3 cm³/mol. The van der Waals surface area contributed by atoms with Gasteiger partial charge in [0.05, 0.1) is 11.8 Å². The van der Waals surface area contributed by atoms with E-state index in [4.69, 9.17) is 6.42 Å². The van der Waals surface area contributed by atoms with Crippen LogP contribution in [-0.4, -0.2) is 37.8 Å². The molecule has 0 saturated heterocycles. The minimum atomic E-state index is -3.39. The first-order chi connectivity index (χ1) is 10.8. The standard InChI is InChI=1S/C14H17N5O3S/c1-3-4-7-14(18-19-14)8-9-15-13(20)11-5-6-12(16-10-11)17-23(2,21)22/h1,5-6,10H,4,7-9H2,2H3,(H,15,20)(H,16,17). The molecular formula is C14H17N5O3S. The molecule has 0 atom stereocenters. The van der Waals surface area contributed by atoms with E-state index < -0.39 is 15.7 Å². The fourth-order valence-electron chi connectivity index (χ4n) is 1.92. The summed E-state index contributed by atoms with van der Waals surface area (Å²) in [5, 5.41) is 10.7. The Balaban J connectivity index is 1.81. The molecule has 0 bridgehead atoms. The zero-order valence-corrected chi connectivity index (χ0v) is 13.4. The Hall–Kier alpha value is -2.47. The van der Waals surface area contributed by atoms with Crippen molar-refractivity contribution in [3.05, 3.63) is 23.9 Å². The molecule has 2 rings (SSSR count). The highest BCUT2D eigenvalue weighted by Crippen LogP contribution is 2.35. The Morgan fingerprint density at radius 3 is 2.61 bits per heavy atom. The topological polar surface area (TPSA) is 113 Å². The normalized spacial score (nSPS) is 14.8. The lowest BCUT2D eigenvalue weighted by molar-refractivity contribution is 0.0951. The van der Waals surface area contributed by atoms with Crippen LogP contribution in [-0.2, 0) is 10.0 Å². The van der Waals surface area contributed by atoms with E-state index in [1.54, 1.807) is 0 Å². The summed E-state index contributed by atoms with van der Waals surface area (Å²) < 4.78 is 24.4. The highest BCUT2D eigenvalue weighted by molar-refractivity contribution is 7.92. The summed E-state index contributed by atoms with van der Waals surface area (Å²) in [5.74, 6) is 2.41. The number of hydrogen-bond donors (Lipinski definition) is 2. The summed E-state index contributed by atoms with van der Waals surface area (Å²) in [6.07, 6.45) is 9.43. The summed E-state index contributed by atoms with van der Waals surface area (Å²) in [7, 11) is -3.39. The van der Waals surface area contributed by atoms with Crippen molar-refractivity contribution in [1.29, 1.82) is 0 Å². The van der Waals surface area contributed by atoms with Crippen LogP contribution in [0.25, 0.3) is 0 Å². The number of amides is 1. The summed E-state index contributed by atoms with van der Waals surface area (Å²) in [4.78, 5) is 15.9. The maximum atomic E-state index is 12.0. The van der Waals surface area contributed by atoms with Gasteiger partial charge in [0.1, 0.15) is 5.82 Å². The average molecular weight is 335 g/mol. The first-order valence-corrected chi connectivity index (χ1v) is 8.82. The number of carbonyl (C=O) groups excluding carboxylic acids is 1. The maximum Gasteiger partial charge on any atom is 0.252 e. The Morgan fingerprint density at radius 1 is 1.35 bits per heavy atom. The number of hydrogen-bond acceptors (Lipinski definition) is 6. The molecule has 1 amide bonds. The van der Waals surface area contributed by atoms with Gasteiger partial charge in [-0.2, -0.15) is 10.2 Å². The van der Waals surface area contributed by atoms with Crippen LogP contribution >= 0.6 is 0 Å². The molecule has 0 saturated carbocycles. The fourth-order valence-corrected chi connectivity index (χ4v) is 2.43. The van der Waals surface area contributed by atoms with Gasteiger partial charge >= 0.3 is 0 Å². The van der Waals surface area contributed by atoms with Crippen LogP contribution in [0.5, 0.6) is 0 Å². The zero-order chi connectivity index (χ0) is 16.9. The van der Waals surface area contributed by atoms with Gasteiger partial charge in [-0.1, -0.05) is 0 Å². The van der Waals surface area contributed by atoms with Crippen LogP contribution in [0.3, 0.4) is 0 Å². The molecule has 1 aliphatic heterocycles. The monoisotopic (exact) mass is 335 g/mol. The van der Waals surface area contributed by atoms with Gasteiger partial charge in [-0.15, -0.1) is 12.3 Å². The molecule has 2 N–H and O–H groups in total. The van der Waals surface area contributed by atoms with Crippen LogP contribution in [0.4, 0.5) is 5.82 Å². The largest absolute Gasteiger partial charge is 0.352 e. The molecule has 9 heteroatoms. The van der Waals surface area contributed by atoms with E-state index >= 15 is 0 Å². The van der Waals surface area contributed by atoms with Crippen LogP contribution in [0.1, 0.15) is 29.6 Å². The van der Waals surface area contributed by atoms with E-state index in [1.165, 1.54) is 18.3 Å². The second kappa shape index (κ2) is 6.75. The van der Waals surface area contributed by atoms with Crippen molar-refractivity contribution in [3.8, 4) is 12.3 Å². The van der Waals surface area contributed by atoms with E-state index in [0.29, 0.717) is 31.4 Å². The van der Waals surface area contributed by atoms with E-state index in [1.807, 2.05) is 0 Å². The molecular weight excluding hydrogens is 318 g/mol. The summed E-state index contributed by atoms with van der Waals surface area (Å²) in [5.41, 5.74) is -0.0901. The number of sulfonamides is 1. The second-order valence-electron chi connectivity index (χ2n) is 5.20. The third-order valence-electron chi connectivity index (χ3n) is 3.18. The van der Waals surface area contributed by atoms with Gasteiger partial charge in [0.2, 0.25) is 10.0 Å². The van der Waals surface area contributed by atoms with Crippen molar-refractivity contribution in [2.45, 2.75) is 24.9 Å². The number of rotatable bonds is 8. The van der Waals surface area contributed by atoms with E-state index in [9.17, 15) is 13.2 Å². The van der Waals surface area contributed by atoms with Crippen molar-refractivity contribution in [2.24, 2.45) is 10.2 Å². The molecule has 0 spiro atoms. The number of terminal acetylenes is 1. The van der Waals surface area contributed by atoms with Crippen LogP contribution < -0.4 is 10.0 Å². The van der Waals surface area contributed by atoms with Crippen molar-refractivity contribution < 1.29 is 13.2 Å². The van der Waals surface area contributed by atoms with E-state index in [-0.39, 0.29) is 11.7 Å². The number of carbonyl (C=O) groups is 1. The second-order valence-corrected chi connectivity index (χ2v) is 6.95. The number of nitrogens with one attached hydrogen (secondary N) is 2. The van der Waals surface area contributed by atoms with Gasteiger partial charge in [-0.05, 0) is 12.1 Å². The predicted octanol–water partition coefficient (Wildman–Crippen LogP) is 1.15. The van der Waals surface area contributed by atoms with Crippen molar-refractivity contribution in [3.63, 3.8) is 0 Å². The molecule has 2 heterocycles. The molecule has 1 aromatic rings. The molecule has 122 valence electrons. The minimum absolute atomic E-state index is 0.160. The lowest BCUT2D eigenvalue weighted by atomic mass is 10.0. The fraction of sp³-hybridized carbons (Fsp3) is 0.429. The van der Waals surface area contributed by atoms with Crippen LogP contribution in [0, 0.1) is 12.3 Å². The average Bonchev–Trinajstić information content (AvgIpc) is 3.24. The maximum absolute atomic E-state index is 12.0. The van der Waals surface area contributed by atoms with Crippen LogP contribution in [0.2, 0.25) is 0 Å². The SMILES string of the molecule is C#CCCC1(CCNC(=O)c2ccc(NS(C)(=O)=O)nc2)N=N1. The summed E-state index contributed by atoms with van der Waals surface area (Å²) >= 11 is 0. The molecule has 0 aromatic carbocycles. The van der Waals surface area contributed by atoms with Crippen molar-refractivity contribution in [1.82, 2.24) is 10.3 Å². The molecule has 0 radical (unpaired) electrons. The van der Waals surface area contributed by atoms with Gasteiger partial charge in [-0.25, -0.2) is 13.4 Å². The number of nitrogens with zero attached hydrogens (tertiary/aromatic N) is 3. The van der Waals surface area contributed by atoms with Gasteiger partial charge < -0.3 is 5.32 Å². The molecule has 23 heavy (non-hydrogen) atoms. The Morgan fingerprint density at radius 2 is 2.09 bits per heavy atom. The van der Waals surface area contributed by atoms with Crippen molar-refractivity contribution >= 4 is 21.7 Å². The minimum Gasteiger partial charge on any atom is -0.352 e. The van der Waals surface area contributed by atoms with Crippen LogP contribution in [0.15, 0.2) is 28.6 Å². The summed E-state index contributed by atoms with van der Waals surface area (Å²) in [6, 6.07) is 2.92. The quantitative estimate of drug-likeness (QED) is 0.694. The molecule has 1 aliphatic rings. The third kappa shape index (κ3) is 5.34. The molecule has 1 aromatic heterocycles.